The van der Waals surface area contributed by atoms with E-state index in [0.717, 1.165) is 21.7 Å². The molecule has 0 saturated heterocycles. The van der Waals surface area contributed by atoms with Crippen molar-refractivity contribution in [3.05, 3.63) is 63.1 Å². The van der Waals surface area contributed by atoms with Gasteiger partial charge in [-0.15, -0.1) is 0 Å². The van der Waals surface area contributed by atoms with Crippen LogP contribution in [0.25, 0.3) is 0 Å². The predicted molar refractivity (Wildman–Crippen MR) is 133 cm³/mol. The first-order valence-electron chi connectivity index (χ1n) is 10.4. The summed E-state index contributed by atoms with van der Waals surface area (Å²) in [5.74, 6) is -0.892. The average molecular weight is 514 g/mol. The van der Waals surface area contributed by atoms with Gasteiger partial charge >= 0.3 is 0 Å². The van der Waals surface area contributed by atoms with E-state index in [1.54, 1.807) is 50.2 Å². The number of nitrogens with one attached hydrogen (secondary N) is 1. The topological polar surface area (TPSA) is 86.8 Å². The minimum absolute atomic E-state index is 0.0116. The maximum Gasteiger partial charge on any atom is 0.244 e. The first-order valence-corrected chi connectivity index (χ1v) is 13.0. The number of carbonyl (C=O) groups excluding carboxylic acids is 2. The third-order valence-electron chi connectivity index (χ3n) is 5.33. The monoisotopic (exact) mass is 513 g/mol. The summed E-state index contributed by atoms with van der Waals surface area (Å²) in [4.78, 5) is 27.3. The zero-order valence-electron chi connectivity index (χ0n) is 19.4. The molecule has 0 unspecified atom stereocenters. The van der Waals surface area contributed by atoms with Gasteiger partial charge in [0.05, 0.1) is 11.9 Å². The van der Waals surface area contributed by atoms with Crippen molar-refractivity contribution in [2.24, 2.45) is 0 Å². The van der Waals surface area contributed by atoms with Gasteiger partial charge in [-0.1, -0.05) is 35.3 Å². The van der Waals surface area contributed by atoms with Crippen molar-refractivity contribution in [1.82, 2.24) is 10.2 Å². The molecule has 1 atom stereocenters. The Morgan fingerprint density at radius 2 is 1.73 bits per heavy atom. The Morgan fingerprint density at radius 1 is 1.06 bits per heavy atom. The minimum atomic E-state index is -3.78. The fraction of sp³-hybridized carbons (Fsp3) is 0.391. The van der Waals surface area contributed by atoms with Crippen LogP contribution in [0.1, 0.15) is 30.5 Å². The molecule has 2 aromatic carbocycles. The van der Waals surface area contributed by atoms with Crippen LogP contribution in [-0.4, -0.2) is 50.5 Å². The number of benzene rings is 2. The minimum Gasteiger partial charge on any atom is -0.355 e. The Kier molecular flexibility index (Phi) is 9.17. The molecule has 0 saturated carbocycles. The van der Waals surface area contributed by atoms with Crippen LogP contribution >= 0.6 is 23.2 Å². The van der Waals surface area contributed by atoms with Gasteiger partial charge < -0.3 is 10.2 Å². The highest BCUT2D eigenvalue weighted by Crippen LogP contribution is 2.25. The molecule has 2 amide bonds. The van der Waals surface area contributed by atoms with E-state index in [1.165, 1.54) is 4.90 Å². The normalized spacial score (nSPS) is 12.2. The molecule has 10 heteroatoms. The average Bonchev–Trinajstić information content (AvgIpc) is 2.72. The van der Waals surface area contributed by atoms with E-state index in [9.17, 15) is 18.0 Å². The van der Waals surface area contributed by atoms with Crippen molar-refractivity contribution in [2.75, 3.05) is 23.7 Å². The largest absolute Gasteiger partial charge is 0.355 e. The Morgan fingerprint density at radius 3 is 2.27 bits per heavy atom. The lowest BCUT2D eigenvalue weighted by molar-refractivity contribution is -0.139. The lowest BCUT2D eigenvalue weighted by atomic mass is 10.1. The maximum absolute atomic E-state index is 13.4. The molecule has 0 aliphatic carbocycles. The summed E-state index contributed by atoms with van der Waals surface area (Å²) >= 11 is 12.3. The van der Waals surface area contributed by atoms with Crippen LogP contribution in [0.5, 0.6) is 0 Å². The van der Waals surface area contributed by atoms with Crippen LogP contribution in [0.2, 0.25) is 10.0 Å². The molecule has 0 spiro atoms. The molecule has 0 heterocycles. The van der Waals surface area contributed by atoms with Gasteiger partial charge in [0.1, 0.15) is 12.6 Å². The van der Waals surface area contributed by atoms with Gasteiger partial charge in [0, 0.05) is 23.1 Å². The molecule has 0 aliphatic rings. The van der Waals surface area contributed by atoms with Gasteiger partial charge in [-0.25, -0.2) is 8.42 Å². The lowest BCUT2D eigenvalue weighted by Crippen LogP contribution is -2.51. The van der Waals surface area contributed by atoms with Crippen molar-refractivity contribution >= 4 is 50.7 Å². The van der Waals surface area contributed by atoms with E-state index >= 15 is 0 Å². The van der Waals surface area contributed by atoms with Crippen LogP contribution in [0.3, 0.4) is 0 Å². The molecule has 0 radical (unpaired) electrons. The van der Waals surface area contributed by atoms with Crippen LogP contribution in [-0.2, 0) is 26.2 Å². The predicted octanol–water partition coefficient (Wildman–Crippen LogP) is 3.93. The van der Waals surface area contributed by atoms with E-state index in [4.69, 9.17) is 23.2 Å². The van der Waals surface area contributed by atoms with Crippen LogP contribution in [0, 0.1) is 13.8 Å². The van der Waals surface area contributed by atoms with Gasteiger partial charge in [0.2, 0.25) is 21.8 Å². The second-order valence-electron chi connectivity index (χ2n) is 7.87. The zero-order chi connectivity index (χ0) is 24.9. The Bertz CT molecular complexity index is 1140. The molecule has 7 nitrogen and oxygen atoms in total. The second-order valence-corrected chi connectivity index (χ2v) is 10.6. The number of sulfonamides is 1. The molecular formula is C23H29Cl2N3O4S. The lowest BCUT2D eigenvalue weighted by Gasteiger charge is -2.31. The maximum atomic E-state index is 13.4. The SMILES string of the molecule is CCNC(=O)[C@H](C)N(Cc1ccc(Cl)cc1Cl)C(=O)CN(c1ccc(C)c(C)c1)S(C)(=O)=O. The second kappa shape index (κ2) is 11.2. The zero-order valence-corrected chi connectivity index (χ0v) is 21.7. The number of halogens is 2. The van der Waals surface area contributed by atoms with E-state index in [2.05, 4.69) is 5.32 Å². The van der Waals surface area contributed by atoms with E-state index in [-0.39, 0.29) is 12.5 Å². The van der Waals surface area contributed by atoms with Crippen molar-refractivity contribution in [1.29, 1.82) is 0 Å². The quantitative estimate of drug-likeness (QED) is 0.550. The number of hydrogen-bond acceptors (Lipinski definition) is 4. The number of rotatable bonds is 9. The summed E-state index contributed by atoms with van der Waals surface area (Å²) in [5, 5.41) is 3.49. The number of aryl methyl sites for hydroxylation is 2. The standard InChI is InChI=1S/C23H29Cl2N3O4S/c1-6-26-23(30)17(4)27(13-18-8-9-19(24)12-21(18)25)22(29)14-28(33(5,31)32)20-10-7-15(2)16(3)11-20/h7-12,17H,6,13-14H2,1-5H3,(H,26,30)/t17-/m0/s1. The van der Waals surface area contributed by atoms with Gasteiger partial charge in [-0.3, -0.25) is 13.9 Å². The molecule has 33 heavy (non-hydrogen) atoms. The van der Waals surface area contributed by atoms with Crippen molar-refractivity contribution in [3.63, 3.8) is 0 Å². The molecule has 1 N–H and O–H groups in total. The molecule has 180 valence electrons. The summed E-state index contributed by atoms with van der Waals surface area (Å²) in [7, 11) is -3.78. The van der Waals surface area contributed by atoms with Crippen LogP contribution in [0.15, 0.2) is 36.4 Å². The van der Waals surface area contributed by atoms with E-state index < -0.39 is 28.5 Å². The fourth-order valence-electron chi connectivity index (χ4n) is 3.23. The number of nitrogens with zero attached hydrogens (tertiary/aromatic N) is 2. The summed E-state index contributed by atoms with van der Waals surface area (Å²) in [6, 6.07) is 9.19. The van der Waals surface area contributed by atoms with Crippen LogP contribution in [0.4, 0.5) is 5.69 Å². The van der Waals surface area contributed by atoms with E-state index in [1.807, 2.05) is 13.8 Å². The Hall–Kier alpha value is -2.29. The number of anilines is 1. The summed E-state index contributed by atoms with van der Waals surface area (Å²) < 4.78 is 26.2. The number of hydrogen-bond donors (Lipinski definition) is 1. The Labute approximate surface area is 205 Å². The molecule has 2 aromatic rings. The fourth-order valence-corrected chi connectivity index (χ4v) is 4.54. The molecule has 0 aliphatic heterocycles. The molecule has 0 fully saturated rings. The number of likely N-dealkylation sites (N-methyl/N-ethyl adjacent to an activating group) is 1. The Balaban J connectivity index is 2.43. The molecule has 2 rings (SSSR count). The van der Waals surface area contributed by atoms with Gasteiger partial charge in [0.25, 0.3) is 0 Å². The van der Waals surface area contributed by atoms with E-state index in [0.29, 0.717) is 27.8 Å². The molecular weight excluding hydrogens is 485 g/mol. The van der Waals surface area contributed by atoms with Crippen LogP contribution < -0.4 is 9.62 Å². The number of carbonyl (C=O) groups is 2. The van der Waals surface area contributed by atoms with Crippen molar-refractivity contribution in [2.45, 2.75) is 40.3 Å². The summed E-state index contributed by atoms with van der Waals surface area (Å²) in [6.45, 7) is 7.10. The van der Waals surface area contributed by atoms with Gasteiger partial charge in [-0.05, 0) is 68.7 Å². The smallest absolute Gasteiger partial charge is 0.244 e. The highest BCUT2D eigenvalue weighted by molar-refractivity contribution is 7.92. The van der Waals surface area contributed by atoms with Crippen molar-refractivity contribution in [3.8, 4) is 0 Å². The first-order chi connectivity index (χ1) is 15.3. The number of amides is 2. The third kappa shape index (κ3) is 7.09. The summed E-state index contributed by atoms with van der Waals surface area (Å²) in [5.41, 5.74) is 2.86. The molecule has 0 bridgehead atoms. The molecule has 0 aromatic heterocycles. The third-order valence-corrected chi connectivity index (χ3v) is 7.06. The van der Waals surface area contributed by atoms with Gasteiger partial charge in [-0.2, -0.15) is 0 Å². The summed E-state index contributed by atoms with van der Waals surface area (Å²) in [6.07, 6.45) is 1.04. The highest BCUT2D eigenvalue weighted by Gasteiger charge is 2.30. The van der Waals surface area contributed by atoms with Crippen molar-refractivity contribution < 1.29 is 18.0 Å². The first kappa shape index (κ1) is 27.0. The van der Waals surface area contributed by atoms with Gasteiger partial charge in [0.15, 0.2) is 0 Å². The highest BCUT2D eigenvalue weighted by atomic mass is 35.5.